The monoisotopic (exact) mass is 421 g/mol. The average molecular weight is 422 g/mol. The average Bonchev–Trinajstić information content (AvgIpc) is 3.31. The summed E-state index contributed by atoms with van der Waals surface area (Å²) in [6.07, 6.45) is 8.07. The third-order valence-corrected chi connectivity index (χ3v) is 5.89. The number of piperidine rings is 1. The van der Waals surface area contributed by atoms with Gasteiger partial charge in [0.1, 0.15) is 23.1 Å². The Labute approximate surface area is 181 Å². The van der Waals surface area contributed by atoms with E-state index < -0.39 is 5.91 Å². The van der Waals surface area contributed by atoms with Crippen molar-refractivity contribution >= 4 is 23.4 Å². The molecule has 2 fully saturated rings. The lowest BCUT2D eigenvalue weighted by Gasteiger charge is -2.29. The zero-order valence-corrected chi connectivity index (χ0v) is 17.8. The van der Waals surface area contributed by atoms with Crippen molar-refractivity contribution in [2.45, 2.75) is 45.1 Å². The van der Waals surface area contributed by atoms with E-state index in [1.807, 2.05) is 19.1 Å². The molecule has 4 heterocycles. The lowest BCUT2D eigenvalue weighted by molar-refractivity contribution is -0.117. The molecule has 2 aromatic rings. The minimum atomic E-state index is -0.503. The van der Waals surface area contributed by atoms with E-state index in [4.69, 9.17) is 9.72 Å². The van der Waals surface area contributed by atoms with Gasteiger partial charge >= 0.3 is 0 Å². The van der Waals surface area contributed by atoms with Gasteiger partial charge in [-0.1, -0.05) is 6.07 Å². The molecule has 162 valence electrons. The second-order valence-electron chi connectivity index (χ2n) is 8.10. The number of nitrogens with zero attached hydrogens (tertiary/aromatic N) is 4. The molecular weight excluding hydrogens is 394 g/mol. The van der Waals surface area contributed by atoms with Gasteiger partial charge in [-0.25, -0.2) is 4.98 Å². The molecular formula is C23H27N5O3. The minimum absolute atomic E-state index is 0.0243. The standard InChI is InChI=1S/C23H27N5O3/c1-16-7-5-11-28-20(16)26-21(27-9-3-2-4-10-27)19(23(28)30)13-17(14-24)22(29)25-15-18-8-6-12-31-18/h5,7,11,13,18H,2-4,6,8-10,12,15H2,1H3,(H,25,29)/b17-13-/t18-/m1/s1. The third-order valence-electron chi connectivity index (χ3n) is 5.89. The van der Waals surface area contributed by atoms with Gasteiger partial charge in [-0.3, -0.25) is 14.0 Å². The summed E-state index contributed by atoms with van der Waals surface area (Å²) in [5.74, 6) is 0.0370. The normalized spacial score (nSPS) is 19.4. The van der Waals surface area contributed by atoms with Crippen molar-refractivity contribution in [2.75, 3.05) is 31.1 Å². The van der Waals surface area contributed by atoms with Crippen molar-refractivity contribution in [3.05, 3.63) is 45.4 Å². The van der Waals surface area contributed by atoms with Crippen LogP contribution < -0.4 is 15.8 Å². The number of aryl methyl sites for hydroxylation is 1. The topological polar surface area (TPSA) is 99.7 Å². The van der Waals surface area contributed by atoms with E-state index in [0.29, 0.717) is 24.6 Å². The Kier molecular flexibility index (Phi) is 6.33. The van der Waals surface area contributed by atoms with Crippen LogP contribution in [-0.4, -0.2) is 47.6 Å². The number of carbonyl (C=O) groups excluding carboxylic acids is 1. The molecule has 2 aliphatic heterocycles. The molecule has 0 unspecified atom stereocenters. The van der Waals surface area contributed by atoms with Crippen molar-refractivity contribution in [1.29, 1.82) is 5.26 Å². The number of fused-ring (bicyclic) bond motifs is 1. The van der Waals surface area contributed by atoms with E-state index in [1.54, 1.807) is 12.3 Å². The summed E-state index contributed by atoms with van der Waals surface area (Å²) in [6, 6.07) is 5.66. The summed E-state index contributed by atoms with van der Waals surface area (Å²) >= 11 is 0. The second kappa shape index (κ2) is 9.31. The second-order valence-corrected chi connectivity index (χ2v) is 8.10. The molecule has 1 atom stereocenters. The first kappa shape index (κ1) is 21.1. The first-order chi connectivity index (χ1) is 15.1. The maximum atomic E-state index is 13.4. The first-order valence-corrected chi connectivity index (χ1v) is 10.9. The Hall–Kier alpha value is -3.18. The van der Waals surface area contributed by atoms with Crippen LogP contribution in [0, 0.1) is 18.3 Å². The van der Waals surface area contributed by atoms with E-state index in [9.17, 15) is 14.9 Å². The highest BCUT2D eigenvalue weighted by Gasteiger charge is 2.22. The van der Waals surface area contributed by atoms with Gasteiger partial charge in [-0.15, -0.1) is 0 Å². The van der Waals surface area contributed by atoms with Crippen molar-refractivity contribution in [1.82, 2.24) is 14.7 Å². The SMILES string of the molecule is Cc1cccn2c(=O)c(/C=C(/C#N)C(=O)NC[C@H]3CCCO3)c(N3CCCCC3)nc12. The molecule has 0 spiro atoms. The van der Waals surface area contributed by atoms with E-state index in [1.165, 1.54) is 10.5 Å². The molecule has 0 radical (unpaired) electrons. The Morgan fingerprint density at radius 1 is 1.35 bits per heavy atom. The number of nitriles is 1. The van der Waals surface area contributed by atoms with Crippen LogP contribution in [0.25, 0.3) is 11.7 Å². The maximum absolute atomic E-state index is 13.4. The lowest BCUT2D eigenvalue weighted by Crippen LogP contribution is -2.34. The van der Waals surface area contributed by atoms with Gasteiger partial charge in [0.25, 0.3) is 11.5 Å². The van der Waals surface area contributed by atoms with Crippen molar-refractivity contribution < 1.29 is 9.53 Å². The van der Waals surface area contributed by atoms with Crippen LogP contribution in [0.5, 0.6) is 0 Å². The highest BCUT2D eigenvalue weighted by molar-refractivity contribution is 6.02. The van der Waals surface area contributed by atoms with Crippen LogP contribution in [0.3, 0.4) is 0 Å². The number of pyridine rings is 1. The molecule has 2 saturated heterocycles. The number of aromatic nitrogens is 2. The lowest BCUT2D eigenvalue weighted by atomic mass is 10.1. The Morgan fingerprint density at radius 2 is 2.16 bits per heavy atom. The van der Waals surface area contributed by atoms with Crippen LogP contribution in [-0.2, 0) is 9.53 Å². The maximum Gasteiger partial charge on any atom is 0.267 e. The molecule has 0 bridgehead atoms. The predicted octanol–water partition coefficient (Wildman–Crippen LogP) is 2.20. The third kappa shape index (κ3) is 4.47. The predicted molar refractivity (Wildman–Crippen MR) is 118 cm³/mol. The van der Waals surface area contributed by atoms with Crippen LogP contribution in [0.4, 0.5) is 5.82 Å². The highest BCUT2D eigenvalue weighted by atomic mass is 16.5. The Balaban J connectivity index is 1.74. The fourth-order valence-corrected chi connectivity index (χ4v) is 4.17. The zero-order valence-electron chi connectivity index (χ0n) is 17.8. The molecule has 0 saturated carbocycles. The molecule has 2 aromatic heterocycles. The van der Waals surface area contributed by atoms with Crippen molar-refractivity contribution in [3.63, 3.8) is 0 Å². The number of carbonyl (C=O) groups is 1. The van der Waals surface area contributed by atoms with Gasteiger partial charge in [-0.05, 0) is 56.7 Å². The number of ether oxygens (including phenoxy) is 1. The van der Waals surface area contributed by atoms with Crippen molar-refractivity contribution in [3.8, 4) is 6.07 Å². The summed E-state index contributed by atoms with van der Waals surface area (Å²) in [4.78, 5) is 32.9. The van der Waals surface area contributed by atoms with E-state index in [2.05, 4.69) is 10.2 Å². The number of nitrogens with one attached hydrogen (secondary N) is 1. The van der Waals surface area contributed by atoms with Gasteiger partial charge in [-0.2, -0.15) is 5.26 Å². The summed E-state index contributed by atoms with van der Waals surface area (Å²) < 4.78 is 7.00. The quantitative estimate of drug-likeness (QED) is 0.587. The fraction of sp³-hybridized carbons (Fsp3) is 0.478. The molecule has 1 amide bonds. The van der Waals surface area contributed by atoms with E-state index >= 15 is 0 Å². The molecule has 4 rings (SSSR count). The van der Waals surface area contributed by atoms with Gasteiger partial charge in [0.2, 0.25) is 0 Å². The molecule has 8 heteroatoms. The molecule has 8 nitrogen and oxygen atoms in total. The smallest absolute Gasteiger partial charge is 0.267 e. The molecule has 0 aromatic carbocycles. The number of rotatable bonds is 5. The molecule has 1 N–H and O–H groups in total. The highest BCUT2D eigenvalue weighted by Crippen LogP contribution is 2.23. The number of hydrogen-bond acceptors (Lipinski definition) is 6. The fourth-order valence-electron chi connectivity index (χ4n) is 4.17. The van der Waals surface area contributed by atoms with Crippen LogP contribution in [0.2, 0.25) is 0 Å². The number of hydrogen-bond donors (Lipinski definition) is 1. The number of amides is 1. The van der Waals surface area contributed by atoms with E-state index in [0.717, 1.165) is 50.8 Å². The number of anilines is 1. The molecule has 0 aliphatic carbocycles. The minimum Gasteiger partial charge on any atom is -0.376 e. The van der Waals surface area contributed by atoms with E-state index in [-0.39, 0.29) is 22.8 Å². The molecule has 2 aliphatic rings. The summed E-state index contributed by atoms with van der Waals surface area (Å²) in [5.41, 5.74) is 1.36. The largest absolute Gasteiger partial charge is 0.376 e. The first-order valence-electron chi connectivity index (χ1n) is 10.9. The van der Waals surface area contributed by atoms with Gasteiger partial charge in [0.15, 0.2) is 0 Å². The van der Waals surface area contributed by atoms with Gasteiger partial charge in [0, 0.05) is 32.4 Å². The summed E-state index contributed by atoms with van der Waals surface area (Å²) in [6.45, 7) is 4.55. The summed E-state index contributed by atoms with van der Waals surface area (Å²) in [5, 5.41) is 12.4. The van der Waals surface area contributed by atoms with Gasteiger partial charge < -0.3 is 15.0 Å². The van der Waals surface area contributed by atoms with Gasteiger partial charge in [0.05, 0.1) is 11.7 Å². The molecule has 31 heavy (non-hydrogen) atoms. The summed E-state index contributed by atoms with van der Waals surface area (Å²) in [7, 11) is 0. The van der Waals surface area contributed by atoms with Crippen LogP contribution in [0.1, 0.15) is 43.2 Å². The van der Waals surface area contributed by atoms with Crippen LogP contribution in [0.15, 0.2) is 28.7 Å². The Morgan fingerprint density at radius 3 is 2.87 bits per heavy atom. The zero-order chi connectivity index (χ0) is 21.8. The van der Waals surface area contributed by atoms with Crippen molar-refractivity contribution in [2.24, 2.45) is 0 Å². The Bertz CT molecular complexity index is 1100. The van der Waals surface area contributed by atoms with Crippen LogP contribution >= 0.6 is 0 Å².